The molecular weight excluding hydrogens is 396 g/mol. The maximum Gasteiger partial charge on any atom is 0.234 e. The van der Waals surface area contributed by atoms with Gasteiger partial charge >= 0.3 is 0 Å². The number of imidazole rings is 1. The number of nitrogens with one attached hydrogen (secondary N) is 2. The minimum absolute atomic E-state index is 0.164. The summed E-state index contributed by atoms with van der Waals surface area (Å²) in [6.45, 7) is 3.38. The van der Waals surface area contributed by atoms with Crippen LogP contribution in [0.4, 0.5) is 11.4 Å². The van der Waals surface area contributed by atoms with Gasteiger partial charge in [0.1, 0.15) is 0 Å². The quantitative estimate of drug-likeness (QED) is 0.581. The molecule has 2 N–H and O–H groups in total. The van der Waals surface area contributed by atoms with E-state index in [9.17, 15) is 9.59 Å². The second-order valence-corrected chi connectivity index (χ2v) is 7.41. The maximum atomic E-state index is 12.3. The Balaban J connectivity index is 1.66. The van der Waals surface area contributed by atoms with Crippen LogP contribution < -0.4 is 10.6 Å². The molecule has 8 heteroatoms. The van der Waals surface area contributed by atoms with Gasteiger partial charge in [0, 0.05) is 35.7 Å². The molecule has 0 aliphatic carbocycles. The topological polar surface area (TPSA) is 76.0 Å². The molecule has 3 aromatic rings. The molecule has 0 fully saturated rings. The molecule has 0 saturated carbocycles. The van der Waals surface area contributed by atoms with Gasteiger partial charge in [-0.05, 0) is 42.8 Å². The number of hydrogen-bond acceptors (Lipinski definition) is 4. The van der Waals surface area contributed by atoms with Crippen LogP contribution in [-0.2, 0) is 9.59 Å². The third-order valence-corrected chi connectivity index (χ3v) is 5.28. The molecule has 2 aromatic carbocycles. The molecule has 0 aliphatic heterocycles. The lowest BCUT2D eigenvalue weighted by Gasteiger charge is -2.12. The van der Waals surface area contributed by atoms with Gasteiger partial charge in [-0.15, -0.1) is 0 Å². The molecule has 144 valence electrons. The molecule has 0 unspecified atom stereocenters. The SMILES string of the molecule is CC(=O)Nc1cccc(NC(=O)CSc2nccn2-c2cccc(Cl)c2C)c1. The molecular formula is C20H19ClN4O2S. The van der Waals surface area contributed by atoms with Crippen molar-refractivity contribution in [3.05, 3.63) is 65.4 Å². The van der Waals surface area contributed by atoms with E-state index in [-0.39, 0.29) is 17.6 Å². The van der Waals surface area contributed by atoms with E-state index in [4.69, 9.17) is 11.6 Å². The van der Waals surface area contributed by atoms with Crippen molar-refractivity contribution in [2.24, 2.45) is 0 Å². The zero-order valence-electron chi connectivity index (χ0n) is 15.4. The van der Waals surface area contributed by atoms with Crippen molar-refractivity contribution in [2.75, 3.05) is 16.4 Å². The Morgan fingerprint density at radius 1 is 1.14 bits per heavy atom. The average molecular weight is 415 g/mol. The normalized spacial score (nSPS) is 10.5. The summed E-state index contributed by atoms with van der Waals surface area (Å²) in [6, 6.07) is 12.7. The molecule has 3 rings (SSSR count). The van der Waals surface area contributed by atoms with Crippen molar-refractivity contribution in [2.45, 2.75) is 19.0 Å². The maximum absolute atomic E-state index is 12.3. The van der Waals surface area contributed by atoms with E-state index in [1.165, 1.54) is 18.7 Å². The fourth-order valence-electron chi connectivity index (χ4n) is 2.64. The molecule has 2 amide bonds. The zero-order valence-corrected chi connectivity index (χ0v) is 17.0. The first-order valence-corrected chi connectivity index (χ1v) is 9.89. The first-order chi connectivity index (χ1) is 13.4. The van der Waals surface area contributed by atoms with Gasteiger partial charge in [0.2, 0.25) is 11.8 Å². The number of hydrogen-bond donors (Lipinski definition) is 2. The van der Waals surface area contributed by atoms with Crippen LogP contribution in [0.5, 0.6) is 0 Å². The molecule has 0 aliphatic rings. The Kier molecular flexibility index (Phi) is 6.38. The molecule has 6 nitrogen and oxygen atoms in total. The van der Waals surface area contributed by atoms with Crippen molar-refractivity contribution in [1.82, 2.24) is 9.55 Å². The van der Waals surface area contributed by atoms with Crippen LogP contribution in [0.1, 0.15) is 12.5 Å². The average Bonchev–Trinajstić information content (AvgIpc) is 3.10. The van der Waals surface area contributed by atoms with Crippen LogP contribution in [0.25, 0.3) is 5.69 Å². The van der Waals surface area contributed by atoms with E-state index in [1.807, 2.05) is 35.9 Å². The van der Waals surface area contributed by atoms with E-state index in [2.05, 4.69) is 15.6 Å². The predicted molar refractivity (Wildman–Crippen MR) is 113 cm³/mol. The summed E-state index contributed by atoms with van der Waals surface area (Å²) in [7, 11) is 0. The van der Waals surface area contributed by atoms with Crippen LogP contribution in [0.15, 0.2) is 60.0 Å². The summed E-state index contributed by atoms with van der Waals surface area (Å²) in [5.74, 6) is -0.134. The number of carbonyl (C=O) groups excluding carboxylic acids is 2. The van der Waals surface area contributed by atoms with Crippen molar-refractivity contribution in [1.29, 1.82) is 0 Å². The van der Waals surface area contributed by atoms with Gasteiger partial charge < -0.3 is 10.6 Å². The van der Waals surface area contributed by atoms with Gasteiger partial charge in [-0.1, -0.05) is 35.5 Å². The van der Waals surface area contributed by atoms with E-state index < -0.39 is 0 Å². The summed E-state index contributed by atoms with van der Waals surface area (Å²) in [6.07, 6.45) is 3.54. The molecule has 0 atom stereocenters. The zero-order chi connectivity index (χ0) is 20.1. The van der Waals surface area contributed by atoms with Crippen molar-refractivity contribution < 1.29 is 9.59 Å². The van der Waals surface area contributed by atoms with Crippen LogP contribution in [0.3, 0.4) is 0 Å². The highest BCUT2D eigenvalue weighted by Crippen LogP contribution is 2.26. The summed E-state index contributed by atoms with van der Waals surface area (Å²) >= 11 is 7.55. The standard InChI is InChI=1S/C20H19ClN4O2S/c1-13-17(21)7-4-8-18(13)25-10-9-22-20(25)28-12-19(27)24-16-6-3-5-15(11-16)23-14(2)26/h3-11H,12H2,1-2H3,(H,23,26)(H,24,27). The van der Waals surface area contributed by atoms with Crippen molar-refractivity contribution >= 4 is 46.6 Å². The first kappa shape index (κ1) is 20.0. The largest absolute Gasteiger partial charge is 0.326 e. The lowest BCUT2D eigenvalue weighted by Crippen LogP contribution is -2.15. The third-order valence-electron chi connectivity index (χ3n) is 3.90. The third kappa shape index (κ3) is 4.94. The Morgan fingerprint density at radius 2 is 1.86 bits per heavy atom. The Labute approximate surface area is 172 Å². The lowest BCUT2D eigenvalue weighted by atomic mass is 10.2. The lowest BCUT2D eigenvalue weighted by molar-refractivity contribution is -0.114. The Morgan fingerprint density at radius 3 is 2.61 bits per heavy atom. The highest BCUT2D eigenvalue weighted by molar-refractivity contribution is 7.99. The van der Waals surface area contributed by atoms with Crippen molar-refractivity contribution in [3.63, 3.8) is 0 Å². The van der Waals surface area contributed by atoms with E-state index in [1.54, 1.807) is 30.5 Å². The number of benzene rings is 2. The molecule has 0 bridgehead atoms. The minimum atomic E-state index is -0.165. The number of rotatable bonds is 6. The summed E-state index contributed by atoms with van der Waals surface area (Å²) in [5, 5.41) is 6.90. The number of aromatic nitrogens is 2. The second-order valence-electron chi connectivity index (χ2n) is 6.06. The van der Waals surface area contributed by atoms with Gasteiger partial charge in [0.05, 0.1) is 11.4 Å². The van der Waals surface area contributed by atoms with Gasteiger partial charge in [0.15, 0.2) is 5.16 Å². The van der Waals surface area contributed by atoms with Crippen LogP contribution in [0, 0.1) is 6.92 Å². The molecule has 1 aromatic heterocycles. The predicted octanol–water partition coefficient (Wildman–Crippen LogP) is 4.52. The fourth-order valence-corrected chi connectivity index (χ4v) is 3.58. The summed E-state index contributed by atoms with van der Waals surface area (Å²) < 4.78 is 1.91. The fraction of sp³-hybridized carbons (Fsp3) is 0.150. The van der Waals surface area contributed by atoms with Crippen LogP contribution >= 0.6 is 23.4 Å². The van der Waals surface area contributed by atoms with E-state index in [0.29, 0.717) is 21.6 Å². The van der Waals surface area contributed by atoms with Crippen molar-refractivity contribution in [3.8, 4) is 5.69 Å². The smallest absolute Gasteiger partial charge is 0.234 e. The Hall–Kier alpha value is -2.77. The van der Waals surface area contributed by atoms with Gasteiger partial charge in [0.25, 0.3) is 0 Å². The highest BCUT2D eigenvalue weighted by atomic mass is 35.5. The minimum Gasteiger partial charge on any atom is -0.326 e. The number of carbonyl (C=O) groups is 2. The van der Waals surface area contributed by atoms with Gasteiger partial charge in [-0.25, -0.2) is 4.98 Å². The Bertz CT molecular complexity index is 1020. The first-order valence-electron chi connectivity index (χ1n) is 8.53. The van der Waals surface area contributed by atoms with Gasteiger partial charge in [-0.3, -0.25) is 14.2 Å². The number of anilines is 2. The number of thioether (sulfide) groups is 1. The van der Waals surface area contributed by atoms with E-state index >= 15 is 0 Å². The highest BCUT2D eigenvalue weighted by Gasteiger charge is 2.12. The summed E-state index contributed by atoms with van der Waals surface area (Å²) in [5.41, 5.74) is 3.12. The number of amides is 2. The molecule has 0 spiro atoms. The molecule has 28 heavy (non-hydrogen) atoms. The second kappa shape index (κ2) is 8.95. The van der Waals surface area contributed by atoms with E-state index in [0.717, 1.165) is 11.3 Å². The van der Waals surface area contributed by atoms with Crippen LogP contribution in [-0.4, -0.2) is 27.1 Å². The van der Waals surface area contributed by atoms with Crippen LogP contribution in [0.2, 0.25) is 5.02 Å². The molecule has 0 radical (unpaired) electrons. The summed E-state index contributed by atoms with van der Waals surface area (Å²) in [4.78, 5) is 27.8. The monoisotopic (exact) mass is 414 g/mol. The molecule has 1 heterocycles. The molecule has 0 saturated heterocycles. The van der Waals surface area contributed by atoms with Gasteiger partial charge in [-0.2, -0.15) is 0 Å². The number of nitrogens with zero attached hydrogens (tertiary/aromatic N) is 2. The number of halogens is 1.